The number of rotatable bonds is 4. The van der Waals surface area contributed by atoms with Crippen LogP contribution >= 0.6 is 0 Å². The van der Waals surface area contributed by atoms with Crippen molar-refractivity contribution in [3.63, 3.8) is 0 Å². The molecule has 1 aliphatic heterocycles. The van der Waals surface area contributed by atoms with Gasteiger partial charge in [0.15, 0.2) is 0 Å². The molecule has 1 aliphatic rings. The van der Waals surface area contributed by atoms with E-state index in [0.717, 1.165) is 10.9 Å². The predicted molar refractivity (Wildman–Crippen MR) is 116 cm³/mol. The van der Waals surface area contributed by atoms with E-state index in [0.29, 0.717) is 22.0 Å². The van der Waals surface area contributed by atoms with Gasteiger partial charge in [-0.3, -0.25) is 25.0 Å². The number of non-ortho nitro benzene ring substituents is 1. The van der Waals surface area contributed by atoms with E-state index in [1.807, 2.05) is 24.3 Å². The van der Waals surface area contributed by atoms with E-state index in [9.17, 15) is 24.8 Å². The molecule has 0 saturated heterocycles. The first kappa shape index (κ1) is 18.8. The van der Waals surface area contributed by atoms with E-state index in [-0.39, 0.29) is 25.0 Å². The molecular formula is C22H18N4O5. The molecule has 2 amide bonds. The Balaban J connectivity index is 0.00000245. The molecule has 9 heteroatoms. The number of aryl methyl sites for hydroxylation is 1. The molecule has 156 valence electrons. The maximum atomic E-state index is 12.8. The topological polar surface area (TPSA) is 119 Å². The van der Waals surface area contributed by atoms with Crippen LogP contribution in [-0.4, -0.2) is 31.0 Å². The molecule has 0 fully saturated rings. The summed E-state index contributed by atoms with van der Waals surface area (Å²) in [5.41, 5.74) is 2.68. The zero-order valence-electron chi connectivity index (χ0n) is 16.3. The van der Waals surface area contributed by atoms with E-state index >= 15 is 0 Å². The van der Waals surface area contributed by atoms with Crippen LogP contribution in [0.1, 0.15) is 12.6 Å². The van der Waals surface area contributed by atoms with Crippen molar-refractivity contribution in [3.05, 3.63) is 76.1 Å². The van der Waals surface area contributed by atoms with Crippen LogP contribution in [0.5, 0.6) is 0 Å². The van der Waals surface area contributed by atoms with Crippen molar-refractivity contribution in [1.29, 1.82) is 0 Å². The van der Waals surface area contributed by atoms with E-state index in [2.05, 4.69) is 5.32 Å². The van der Waals surface area contributed by atoms with E-state index in [1.54, 1.807) is 34.6 Å². The number of aliphatic hydroxyl groups is 1. The van der Waals surface area contributed by atoms with E-state index in [4.69, 9.17) is 0 Å². The molecule has 2 N–H and O–H groups in total. The van der Waals surface area contributed by atoms with Gasteiger partial charge in [0.25, 0.3) is 17.5 Å². The smallest absolute Gasteiger partial charge is 0.271 e. The fraction of sp³-hybridized carbons (Fsp3) is 0.0909. The van der Waals surface area contributed by atoms with Crippen LogP contribution < -0.4 is 5.32 Å². The van der Waals surface area contributed by atoms with E-state index in [1.165, 1.54) is 12.1 Å². The zero-order valence-corrected chi connectivity index (χ0v) is 16.3. The monoisotopic (exact) mass is 418 g/mol. The van der Waals surface area contributed by atoms with Gasteiger partial charge in [0.05, 0.1) is 27.1 Å². The number of nitrogens with zero attached hydrogens (tertiary/aromatic N) is 3. The second-order valence-corrected chi connectivity index (χ2v) is 7.32. The Morgan fingerprint density at radius 1 is 1.00 bits per heavy atom. The van der Waals surface area contributed by atoms with Crippen LogP contribution in [0.15, 0.2) is 54.9 Å². The molecule has 31 heavy (non-hydrogen) atoms. The number of amides is 2. The highest BCUT2D eigenvalue weighted by atomic mass is 16.6. The van der Waals surface area contributed by atoms with Gasteiger partial charge in [-0.15, -0.1) is 0 Å². The Morgan fingerprint density at radius 2 is 1.65 bits per heavy atom. The lowest BCUT2D eigenvalue weighted by molar-refractivity contribution is -0.384. The van der Waals surface area contributed by atoms with Gasteiger partial charge >= 0.3 is 0 Å². The van der Waals surface area contributed by atoms with Gasteiger partial charge in [-0.25, -0.2) is 0 Å². The van der Waals surface area contributed by atoms with Crippen LogP contribution in [-0.2, 0) is 23.4 Å². The third kappa shape index (κ3) is 2.67. The fourth-order valence-electron chi connectivity index (χ4n) is 4.22. The number of nitrogens with one attached hydrogen (secondary N) is 1. The lowest BCUT2D eigenvalue weighted by Crippen LogP contribution is -2.22. The lowest BCUT2D eigenvalue weighted by atomic mass is 9.95. The van der Waals surface area contributed by atoms with Gasteiger partial charge in [-0.05, 0) is 12.1 Å². The summed E-state index contributed by atoms with van der Waals surface area (Å²) in [4.78, 5) is 36.4. The van der Waals surface area contributed by atoms with Gasteiger partial charge in [0, 0.05) is 54.9 Å². The number of benzene rings is 2. The van der Waals surface area contributed by atoms with Crippen LogP contribution in [0.25, 0.3) is 33.0 Å². The minimum atomic E-state index is -0.535. The Bertz CT molecular complexity index is 1480. The number of nitro benzene ring substituents is 1. The number of aromatic nitrogens is 2. The van der Waals surface area contributed by atoms with Crippen molar-refractivity contribution < 1.29 is 21.0 Å². The predicted octanol–water partition coefficient (Wildman–Crippen LogP) is 2.80. The zero-order chi connectivity index (χ0) is 21.9. The highest BCUT2D eigenvalue weighted by Gasteiger charge is 2.35. The van der Waals surface area contributed by atoms with Crippen LogP contribution in [0.2, 0.25) is 0 Å². The molecule has 0 bridgehead atoms. The second kappa shape index (κ2) is 6.64. The summed E-state index contributed by atoms with van der Waals surface area (Å²) in [7, 11) is 1.72. The molecule has 0 unspecified atom stereocenters. The summed E-state index contributed by atoms with van der Waals surface area (Å²) in [5, 5.41) is 24.6. The van der Waals surface area contributed by atoms with Gasteiger partial charge in [0.1, 0.15) is 6.73 Å². The number of fused-ring (bicyclic) bond motifs is 2. The van der Waals surface area contributed by atoms with Crippen molar-refractivity contribution in [3.8, 4) is 0 Å². The summed E-state index contributed by atoms with van der Waals surface area (Å²) in [6.45, 7) is -0.281. The van der Waals surface area contributed by atoms with Crippen molar-refractivity contribution in [1.82, 2.24) is 14.5 Å². The Morgan fingerprint density at radius 3 is 2.32 bits per heavy atom. The summed E-state index contributed by atoms with van der Waals surface area (Å²) < 4.78 is 3.28. The summed E-state index contributed by atoms with van der Waals surface area (Å²) in [6.07, 6.45) is 3.33. The third-order valence-electron chi connectivity index (χ3n) is 5.60. The average Bonchev–Trinajstić information content (AvgIpc) is 3.38. The third-order valence-corrected chi connectivity index (χ3v) is 5.60. The molecule has 2 aromatic heterocycles. The summed E-state index contributed by atoms with van der Waals surface area (Å²) >= 11 is 0. The molecule has 2 aromatic carbocycles. The first-order valence-electron chi connectivity index (χ1n) is 9.43. The van der Waals surface area contributed by atoms with Gasteiger partial charge in [0.2, 0.25) is 0 Å². The highest BCUT2D eigenvalue weighted by Crippen LogP contribution is 2.39. The van der Waals surface area contributed by atoms with Crippen LogP contribution in [0.4, 0.5) is 5.69 Å². The summed E-state index contributed by atoms with van der Waals surface area (Å²) in [6, 6.07) is 11.7. The molecule has 3 heterocycles. The minimum Gasteiger partial charge on any atom is -0.376 e. The lowest BCUT2D eigenvalue weighted by Gasteiger charge is -2.03. The Labute approximate surface area is 176 Å². The van der Waals surface area contributed by atoms with E-state index < -0.39 is 16.7 Å². The number of hydrogen-bond donors (Lipinski definition) is 2. The van der Waals surface area contributed by atoms with Gasteiger partial charge in [-0.2, -0.15) is 0 Å². The molecule has 0 saturated carbocycles. The maximum absolute atomic E-state index is 12.8. The molecule has 0 spiro atoms. The average molecular weight is 418 g/mol. The first-order chi connectivity index (χ1) is 14.9. The highest BCUT2D eigenvalue weighted by molar-refractivity contribution is 6.50. The standard InChI is InChI=1S/C22H16N4O5.H2/c1-24-9-15(14-7-6-12(26(30)31)8-18(14)24)19-20(22(29)23-21(19)28)16-10-25(11-27)17-5-3-2-4-13(16)17;/h2-10,27H,11H2,1H3,(H,23,28,29);1H. The maximum Gasteiger partial charge on any atom is 0.271 e. The number of aliphatic hydroxyl groups excluding tert-OH is 1. The number of para-hydroxylation sites is 1. The van der Waals surface area contributed by atoms with Crippen molar-refractivity contribution >= 4 is 50.5 Å². The molecule has 0 atom stereocenters. The molecular weight excluding hydrogens is 400 g/mol. The Kier molecular flexibility index (Phi) is 4.02. The van der Waals surface area contributed by atoms with Crippen LogP contribution in [0, 0.1) is 10.1 Å². The quantitative estimate of drug-likeness (QED) is 0.300. The van der Waals surface area contributed by atoms with Crippen LogP contribution in [0.3, 0.4) is 0 Å². The fourth-order valence-corrected chi connectivity index (χ4v) is 4.22. The number of imide groups is 1. The molecule has 9 nitrogen and oxygen atoms in total. The van der Waals surface area contributed by atoms with Crippen molar-refractivity contribution in [2.45, 2.75) is 6.73 Å². The van der Waals surface area contributed by atoms with Gasteiger partial charge in [-0.1, -0.05) is 18.2 Å². The Hall–Kier alpha value is -4.24. The van der Waals surface area contributed by atoms with Crippen molar-refractivity contribution in [2.75, 3.05) is 0 Å². The molecule has 5 rings (SSSR count). The second-order valence-electron chi connectivity index (χ2n) is 7.32. The largest absolute Gasteiger partial charge is 0.376 e. The number of carbonyl (C=O) groups excluding carboxylic acids is 2. The minimum absolute atomic E-state index is 0. The number of hydrogen-bond acceptors (Lipinski definition) is 5. The number of nitro groups is 1. The molecule has 0 radical (unpaired) electrons. The number of carbonyl (C=O) groups is 2. The van der Waals surface area contributed by atoms with Gasteiger partial charge < -0.3 is 14.2 Å². The normalized spacial score (nSPS) is 14.1. The molecule has 4 aromatic rings. The SMILES string of the molecule is Cn1cc(C2=C(c3cn(CO)c4ccccc34)C(=O)NC2=O)c2ccc([N+](=O)[O-])cc21.[HH]. The molecule has 0 aliphatic carbocycles. The first-order valence-corrected chi connectivity index (χ1v) is 9.43. The summed E-state index contributed by atoms with van der Waals surface area (Å²) in [5.74, 6) is -1.06. The van der Waals surface area contributed by atoms with Crippen molar-refractivity contribution in [2.24, 2.45) is 7.05 Å².